The summed E-state index contributed by atoms with van der Waals surface area (Å²) in [7, 11) is 1.34. The highest BCUT2D eigenvalue weighted by molar-refractivity contribution is 5.80. The lowest BCUT2D eigenvalue weighted by Crippen LogP contribution is -2.37. The number of hydrogen-bond donors (Lipinski definition) is 1. The quantitative estimate of drug-likeness (QED) is 0.832. The van der Waals surface area contributed by atoms with Crippen LogP contribution >= 0.6 is 0 Å². The molecular weight excluding hydrogens is 349 g/mol. The predicted molar refractivity (Wildman–Crippen MR) is 88.8 cm³/mol. The van der Waals surface area contributed by atoms with Crippen LogP contribution in [-0.4, -0.2) is 38.6 Å². The van der Waals surface area contributed by atoms with Crippen LogP contribution in [0, 0.1) is 5.92 Å². The lowest BCUT2D eigenvalue weighted by atomic mass is 9.91. The number of benzene rings is 1. The van der Waals surface area contributed by atoms with Gasteiger partial charge in [0, 0.05) is 37.7 Å². The van der Waals surface area contributed by atoms with Crippen molar-refractivity contribution in [3.8, 4) is 0 Å². The van der Waals surface area contributed by atoms with Gasteiger partial charge in [0.05, 0.1) is 18.6 Å². The first-order chi connectivity index (χ1) is 12.3. The average Bonchev–Trinajstić information content (AvgIpc) is 3.06. The van der Waals surface area contributed by atoms with E-state index in [9.17, 15) is 22.8 Å². The second kappa shape index (κ2) is 7.17. The normalized spacial score (nSPS) is 21.6. The first-order valence-corrected chi connectivity index (χ1v) is 8.60. The van der Waals surface area contributed by atoms with E-state index in [1.165, 1.54) is 13.2 Å². The van der Waals surface area contributed by atoms with Gasteiger partial charge in [-0.3, -0.25) is 9.59 Å². The summed E-state index contributed by atoms with van der Waals surface area (Å²) in [6.45, 7) is 1.38. The summed E-state index contributed by atoms with van der Waals surface area (Å²) in [5.41, 5.74) is 0.543. The van der Waals surface area contributed by atoms with Crippen LogP contribution in [0.3, 0.4) is 0 Å². The standard InChI is InChI=1S/C18H21F3N2O3/c1-26-17(25)11-4-6-23(7-5-11)15-9-13(18(19,20)21)2-3-14(15)12-8-16(24)22-10-12/h2-3,9,11-12H,4-8,10H2,1H3,(H,22,24)/t12-/m1/s1. The Morgan fingerprint density at radius 3 is 2.50 bits per heavy atom. The van der Waals surface area contributed by atoms with E-state index in [1.54, 1.807) is 0 Å². The van der Waals surface area contributed by atoms with Crippen LogP contribution in [0.2, 0.25) is 0 Å². The van der Waals surface area contributed by atoms with Crippen molar-refractivity contribution in [3.05, 3.63) is 29.3 Å². The highest BCUT2D eigenvalue weighted by atomic mass is 19.4. The number of rotatable bonds is 3. The van der Waals surface area contributed by atoms with Gasteiger partial charge in [0.2, 0.25) is 5.91 Å². The lowest BCUT2D eigenvalue weighted by molar-refractivity contribution is -0.146. The van der Waals surface area contributed by atoms with Crippen molar-refractivity contribution in [1.29, 1.82) is 0 Å². The molecule has 5 nitrogen and oxygen atoms in total. The molecule has 2 saturated heterocycles. The number of amides is 1. The van der Waals surface area contributed by atoms with E-state index >= 15 is 0 Å². The summed E-state index contributed by atoms with van der Waals surface area (Å²) in [6.07, 6.45) is -3.09. The van der Waals surface area contributed by atoms with Gasteiger partial charge >= 0.3 is 12.1 Å². The largest absolute Gasteiger partial charge is 0.469 e. The highest BCUT2D eigenvalue weighted by Crippen LogP contribution is 2.39. The van der Waals surface area contributed by atoms with E-state index in [1.807, 2.05) is 4.90 Å². The number of anilines is 1. The van der Waals surface area contributed by atoms with Gasteiger partial charge < -0.3 is 15.0 Å². The second-order valence-corrected chi connectivity index (χ2v) is 6.76. The first-order valence-electron chi connectivity index (χ1n) is 8.60. The van der Waals surface area contributed by atoms with Gasteiger partial charge in [0.1, 0.15) is 0 Å². The van der Waals surface area contributed by atoms with Crippen molar-refractivity contribution >= 4 is 17.6 Å². The maximum Gasteiger partial charge on any atom is 0.416 e. The fourth-order valence-electron chi connectivity index (χ4n) is 3.69. The summed E-state index contributed by atoms with van der Waals surface area (Å²) in [4.78, 5) is 25.1. The Morgan fingerprint density at radius 2 is 1.96 bits per heavy atom. The third-order valence-electron chi connectivity index (χ3n) is 5.15. The second-order valence-electron chi connectivity index (χ2n) is 6.76. The fourth-order valence-corrected chi connectivity index (χ4v) is 3.69. The number of alkyl halides is 3. The molecule has 1 amide bonds. The first kappa shape index (κ1) is 18.5. The van der Waals surface area contributed by atoms with Crippen molar-refractivity contribution in [2.75, 3.05) is 31.6 Å². The molecule has 0 radical (unpaired) electrons. The van der Waals surface area contributed by atoms with Gasteiger partial charge in [-0.15, -0.1) is 0 Å². The Kier molecular flexibility index (Phi) is 5.11. The van der Waals surface area contributed by atoms with Crippen molar-refractivity contribution in [2.24, 2.45) is 5.92 Å². The third kappa shape index (κ3) is 3.78. The van der Waals surface area contributed by atoms with Crippen LogP contribution in [0.4, 0.5) is 18.9 Å². The van der Waals surface area contributed by atoms with E-state index in [0.29, 0.717) is 38.2 Å². The average molecular weight is 370 g/mol. The van der Waals surface area contributed by atoms with Gasteiger partial charge in [0.25, 0.3) is 0 Å². The number of piperidine rings is 1. The van der Waals surface area contributed by atoms with Crippen LogP contribution in [0.1, 0.15) is 36.3 Å². The molecule has 0 spiro atoms. The topological polar surface area (TPSA) is 58.6 Å². The minimum Gasteiger partial charge on any atom is -0.469 e. The Balaban J connectivity index is 1.88. The molecule has 2 aliphatic heterocycles. The number of nitrogens with zero attached hydrogens (tertiary/aromatic N) is 1. The number of hydrogen-bond acceptors (Lipinski definition) is 4. The summed E-state index contributed by atoms with van der Waals surface area (Å²) in [6, 6.07) is 3.72. The van der Waals surface area contributed by atoms with Crippen LogP contribution in [0.15, 0.2) is 18.2 Å². The number of methoxy groups -OCH3 is 1. The molecule has 3 rings (SSSR count). The van der Waals surface area contributed by atoms with Gasteiger partial charge in [-0.05, 0) is 30.5 Å². The van der Waals surface area contributed by atoms with Crippen molar-refractivity contribution < 1.29 is 27.5 Å². The van der Waals surface area contributed by atoms with Crippen molar-refractivity contribution in [2.45, 2.75) is 31.4 Å². The smallest absolute Gasteiger partial charge is 0.416 e. The molecule has 0 bridgehead atoms. The molecule has 8 heteroatoms. The molecular formula is C18H21F3N2O3. The molecule has 0 aliphatic carbocycles. The Hall–Kier alpha value is -2.25. The molecule has 2 fully saturated rings. The summed E-state index contributed by atoms with van der Waals surface area (Å²) >= 11 is 0. The zero-order valence-corrected chi connectivity index (χ0v) is 14.4. The number of ether oxygens (including phenoxy) is 1. The van der Waals surface area contributed by atoms with E-state index < -0.39 is 11.7 Å². The Labute approximate surface area is 149 Å². The van der Waals surface area contributed by atoms with Crippen molar-refractivity contribution in [1.82, 2.24) is 5.32 Å². The molecule has 142 valence electrons. The lowest BCUT2D eigenvalue weighted by Gasteiger charge is -2.35. The fraction of sp³-hybridized carbons (Fsp3) is 0.556. The maximum absolute atomic E-state index is 13.2. The summed E-state index contributed by atoms with van der Waals surface area (Å²) in [5.74, 6) is -0.733. The zero-order chi connectivity index (χ0) is 18.9. The SMILES string of the molecule is COC(=O)C1CCN(c2cc(C(F)(F)F)ccc2[C@H]2CNC(=O)C2)CC1. The minimum atomic E-state index is -4.43. The Morgan fingerprint density at radius 1 is 1.27 bits per heavy atom. The minimum absolute atomic E-state index is 0.0924. The summed E-state index contributed by atoms with van der Waals surface area (Å²) in [5, 5.41) is 2.73. The van der Waals surface area contributed by atoms with Crippen LogP contribution in [0.5, 0.6) is 0 Å². The molecule has 2 aliphatic rings. The van der Waals surface area contributed by atoms with E-state index in [2.05, 4.69) is 5.32 Å². The van der Waals surface area contributed by atoms with Gasteiger partial charge in [-0.2, -0.15) is 13.2 Å². The van der Waals surface area contributed by atoms with Crippen molar-refractivity contribution in [3.63, 3.8) is 0 Å². The van der Waals surface area contributed by atoms with E-state index in [4.69, 9.17) is 4.74 Å². The molecule has 1 N–H and O–H groups in total. The van der Waals surface area contributed by atoms with Crippen LogP contribution in [0.25, 0.3) is 0 Å². The van der Waals surface area contributed by atoms with Crippen LogP contribution < -0.4 is 10.2 Å². The predicted octanol–water partition coefficient (Wildman–Crippen LogP) is 2.70. The number of carbonyl (C=O) groups is 2. The molecule has 0 saturated carbocycles. The molecule has 0 aromatic heterocycles. The molecule has 1 aromatic carbocycles. The maximum atomic E-state index is 13.2. The number of halogens is 3. The molecule has 26 heavy (non-hydrogen) atoms. The molecule has 2 heterocycles. The number of esters is 1. The van der Waals surface area contributed by atoms with Gasteiger partial charge in [-0.25, -0.2) is 0 Å². The van der Waals surface area contributed by atoms with Crippen LogP contribution in [-0.2, 0) is 20.5 Å². The Bertz CT molecular complexity index is 697. The van der Waals surface area contributed by atoms with Gasteiger partial charge in [0.15, 0.2) is 0 Å². The third-order valence-corrected chi connectivity index (χ3v) is 5.15. The highest BCUT2D eigenvalue weighted by Gasteiger charge is 2.35. The monoisotopic (exact) mass is 370 g/mol. The molecule has 1 aromatic rings. The summed E-state index contributed by atoms with van der Waals surface area (Å²) < 4.78 is 44.3. The molecule has 0 unspecified atom stereocenters. The van der Waals surface area contributed by atoms with E-state index in [-0.39, 0.29) is 30.1 Å². The van der Waals surface area contributed by atoms with E-state index in [0.717, 1.165) is 17.7 Å². The molecule has 1 atom stereocenters. The zero-order valence-electron chi connectivity index (χ0n) is 14.4. The number of carbonyl (C=O) groups excluding carboxylic acids is 2. The van der Waals surface area contributed by atoms with Gasteiger partial charge in [-0.1, -0.05) is 6.07 Å². The number of nitrogens with one attached hydrogen (secondary N) is 1.